The number of halogens is 2. The maximum atomic E-state index is 13.9. The van der Waals surface area contributed by atoms with Crippen LogP contribution in [0.3, 0.4) is 0 Å². The molecule has 0 aliphatic carbocycles. The molecule has 0 aliphatic rings. The lowest BCUT2D eigenvalue weighted by atomic mass is 10.0. The van der Waals surface area contributed by atoms with Gasteiger partial charge < -0.3 is 4.74 Å². The first-order chi connectivity index (χ1) is 9.06. The molecule has 0 unspecified atom stereocenters. The summed E-state index contributed by atoms with van der Waals surface area (Å²) in [4.78, 5) is 4.06. The van der Waals surface area contributed by atoms with Gasteiger partial charge in [0.25, 0.3) is 0 Å². The quantitative estimate of drug-likeness (QED) is 0.833. The van der Waals surface area contributed by atoms with E-state index in [4.69, 9.17) is 4.74 Å². The first kappa shape index (κ1) is 13.2. The number of nitrogens with zero attached hydrogens (tertiary/aromatic N) is 1. The van der Waals surface area contributed by atoms with Crippen LogP contribution in [-0.4, -0.2) is 12.1 Å². The number of rotatable bonds is 3. The number of hydrogen-bond acceptors (Lipinski definition) is 2. The van der Waals surface area contributed by atoms with E-state index in [1.54, 1.807) is 6.92 Å². The molecule has 1 aromatic carbocycles. The Kier molecular flexibility index (Phi) is 3.60. The van der Waals surface area contributed by atoms with E-state index >= 15 is 0 Å². The number of pyridine rings is 1. The minimum atomic E-state index is -0.530. The lowest BCUT2D eigenvalue weighted by Gasteiger charge is -2.10. The minimum absolute atomic E-state index is 0.157. The number of ether oxygens (including phenoxy) is 1. The zero-order chi connectivity index (χ0) is 14.0. The third-order valence-electron chi connectivity index (χ3n) is 2.85. The normalized spacial score (nSPS) is 10.3. The fourth-order valence-electron chi connectivity index (χ4n) is 1.85. The van der Waals surface area contributed by atoms with Crippen LogP contribution in [0.5, 0.6) is 5.75 Å². The van der Waals surface area contributed by atoms with Gasteiger partial charge in [-0.15, -0.1) is 0 Å². The van der Waals surface area contributed by atoms with Gasteiger partial charge in [-0.1, -0.05) is 6.58 Å². The molecule has 0 atom stereocenters. The van der Waals surface area contributed by atoms with Gasteiger partial charge in [-0.2, -0.15) is 0 Å². The number of aromatic nitrogens is 1. The van der Waals surface area contributed by atoms with Crippen molar-refractivity contribution in [3.63, 3.8) is 0 Å². The summed E-state index contributed by atoms with van der Waals surface area (Å²) < 4.78 is 32.7. The van der Waals surface area contributed by atoms with Crippen LogP contribution in [0.2, 0.25) is 0 Å². The van der Waals surface area contributed by atoms with Crippen molar-refractivity contribution in [3.8, 4) is 16.9 Å². The molecule has 0 aliphatic heterocycles. The summed E-state index contributed by atoms with van der Waals surface area (Å²) in [5.41, 5.74) is 1.35. The second-order valence-electron chi connectivity index (χ2n) is 4.04. The molecular weight excluding hydrogens is 248 g/mol. The summed E-state index contributed by atoms with van der Waals surface area (Å²) in [5.74, 6) is -0.474. The zero-order valence-corrected chi connectivity index (χ0v) is 10.7. The molecule has 2 nitrogen and oxygen atoms in total. The van der Waals surface area contributed by atoms with Crippen molar-refractivity contribution in [2.75, 3.05) is 7.11 Å². The summed E-state index contributed by atoms with van der Waals surface area (Å²) in [6.07, 6.45) is 1.33. The Morgan fingerprint density at radius 1 is 1.16 bits per heavy atom. The molecule has 4 heteroatoms. The highest BCUT2D eigenvalue weighted by Crippen LogP contribution is 2.30. The summed E-state index contributed by atoms with van der Waals surface area (Å²) in [6.45, 7) is 5.18. The SMILES string of the molecule is C=Cc1nc(C)c(-c2cc(OC)ccc2F)cc1F. The Labute approximate surface area is 110 Å². The monoisotopic (exact) mass is 261 g/mol. The molecule has 0 bridgehead atoms. The van der Waals surface area contributed by atoms with Crippen molar-refractivity contribution in [2.24, 2.45) is 0 Å². The maximum absolute atomic E-state index is 13.9. The molecule has 19 heavy (non-hydrogen) atoms. The van der Waals surface area contributed by atoms with Crippen molar-refractivity contribution >= 4 is 6.08 Å². The molecular formula is C15H13F2NO. The largest absolute Gasteiger partial charge is 0.497 e. The molecule has 1 aromatic heterocycles. The lowest BCUT2D eigenvalue weighted by molar-refractivity contribution is 0.414. The molecule has 0 saturated carbocycles. The maximum Gasteiger partial charge on any atom is 0.149 e. The molecule has 98 valence electrons. The third kappa shape index (κ3) is 2.47. The minimum Gasteiger partial charge on any atom is -0.497 e. The van der Waals surface area contributed by atoms with Crippen molar-refractivity contribution < 1.29 is 13.5 Å². The molecule has 0 N–H and O–H groups in total. The van der Waals surface area contributed by atoms with E-state index in [1.165, 1.54) is 37.5 Å². The van der Waals surface area contributed by atoms with Crippen LogP contribution in [0, 0.1) is 18.6 Å². The summed E-state index contributed by atoms with van der Waals surface area (Å²) in [5, 5.41) is 0. The van der Waals surface area contributed by atoms with Crippen molar-refractivity contribution in [2.45, 2.75) is 6.92 Å². The molecule has 0 amide bonds. The Morgan fingerprint density at radius 3 is 2.53 bits per heavy atom. The van der Waals surface area contributed by atoms with Gasteiger partial charge in [0.15, 0.2) is 0 Å². The molecule has 0 radical (unpaired) electrons. The van der Waals surface area contributed by atoms with E-state index in [9.17, 15) is 8.78 Å². The fraction of sp³-hybridized carbons (Fsp3) is 0.133. The van der Waals surface area contributed by atoms with E-state index in [0.717, 1.165) is 0 Å². The van der Waals surface area contributed by atoms with Crippen LogP contribution in [-0.2, 0) is 0 Å². The van der Waals surface area contributed by atoms with E-state index < -0.39 is 11.6 Å². The van der Waals surface area contributed by atoms with E-state index in [1.807, 2.05) is 0 Å². The van der Waals surface area contributed by atoms with E-state index in [0.29, 0.717) is 17.0 Å². The second-order valence-corrected chi connectivity index (χ2v) is 4.04. The Balaban J connectivity index is 2.64. The van der Waals surface area contributed by atoms with Crippen LogP contribution in [0.25, 0.3) is 17.2 Å². The highest BCUT2D eigenvalue weighted by molar-refractivity contribution is 5.69. The van der Waals surface area contributed by atoms with E-state index in [2.05, 4.69) is 11.6 Å². The van der Waals surface area contributed by atoms with Gasteiger partial charge in [0, 0.05) is 16.8 Å². The van der Waals surface area contributed by atoms with Crippen molar-refractivity contribution in [1.82, 2.24) is 4.98 Å². The van der Waals surface area contributed by atoms with Crippen LogP contribution < -0.4 is 4.74 Å². The average Bonchev–Trinajstić information content (AvgIpc) is 2.41. The van der Waals surface area contributed by atoms with Gasteiger partial charge in [0.1, 0.15) is 17.4 Å². The van der Waals surface area contributed by atoms with Gasteiger partial charge in [-0.05, 0) is 37.3 Å². The van der Waals surface area contributed by atoms with Gasteiger partial charge in [0.2, 0.25) is 0 Å². The predicted molar refractivity (Wildman–Crippen MR) is 71.0 cm³/mol. The first-order valence-corrected chi connectivity index (χ1v) is 5.70. The Bertz CT molecular complexity index is 638. The first-order valence-electron chi connectivity index (χ1n) is 5.70. The Morgan fingerprint density at radius 2 is 1.89 bits per heavy atom. The Hall–Kier alpha value is -2.23. The van der Waals surface area contributed by atoms with Gasteiger partial charge in [-0.25, -0.2) is 8.78 Å². The molecule has 2 aromatic rings. The predicted octanol–water partition coefficient (Wildman–Crippen LogP) is 3.99. The highest BCUT2D eigenvalue weighted by atomic mass is 19.1. The van der Waals surface area contributed by atoms with Crippen molar-refractivity contribution in [3.05, 3.63) is 53.9 Å². The summed E-state index contributed by atoms with van der Waals surface area (Å²) in [7, 11) is 1.49. The fourth-order valence-corrected chi connectivity index (χ4v) is 1.85. The molecule has 0 spiro atoms. The topological polar surface area (TPSA) is 22.1 Å². The zero-order valence-electron chi connectivity index (χ0n) is 10.7. The third-order valence-corrected chi connectivity index (χ3v) is 2.85. The number of aryl methyl sites for hydroxylation is 1. The summed E-state index contributed by atoms with van der Waals surface area (Å²) in [6, 6.07) is 5.58. The number of methoxy groups -OCH3 is 1. The van der Waals surface area contributed by atoms with Crippen LogP contribution >= 0.6 is 0 Å². The van der Waals surface area contributed by atoms with Gasteiger partial charge >= 0.3 is 0 Å². The molecule has 1 heterocycles. The molecule has 2 rings (SSSR count). The second kappa shape index (κ2) is 5.18. The van der Waals surface area contributed by atoms with Crippen LogP contribution in [0.1, 0.15) is 11.4 Å². The number of benzene rings is 1. The van der Waals surface area contributed by atoms with Gasteiger partial charge in [0.05, 0.1) is 12.8 Å². The van der Waals surface area contributed by atoms with Gasteiger partial charge in [-0.3, -0.25) is 4.98 Å². The molecule has 0 saturated heterocycles. The molecule has 0 fully saturated rings. The standard InChI is InChI=1S/C15H13F2NO/c1-4-15-14(17)8-11(9(2)18-15)12-7-10(19-3)5-6-13(12)16/h4-8H,1H2,2-3H3. The number of hydrogen-bond donors (Lipinski definition) is 0. The average molecular weight is 261 g/mol. The van der Waals surface area contributed by atoms with Crippen LogP contribution in [0.15, 0.2) is 30.8 Å². The van der Waals surface area contributed by atoms with Crippen molar-refractivity contribution in [1.29, 1.82) is 0 Å². The lowest BCUT2D eigenvalue weighted by Crippen LogP contribution is -1.97. The van der Waals surface area contributed by atoms with Crippen LogP contribution in [0.4, 0.5) is 8.78 Å². The highest BCUT2D eigenvalue weighted by Gasteiger charge is 2.13. The smallest absolute Gasteiger partial charge is 0.149 e. The summed E-state index contributed by atoms with van der Waals surface area (Å²) >= 11 is 0. The van der Waals surface area contributed by atoms with E-state index in [-0.39, 0.29) is 11.3 Å².